The highest BCUT2D eigenvalue weighted by atomic mass is 32.1. The molecule has 1 aromatic carbocycles. The third kappa shape index (κ3) is 3.05. The van der Waals surface area contributed by atoms with Gasteiger partial charge < -0.3 is 10.6 Å². The summed E-state index contributed by atoms with van der Waals surface area (Å²) < 4.78 is 0. The van der Waals surface area contributed by atoms with E-state index in [1.54, 1.807) is 11.3 Å². The average Bonchev–Trinajstić information content (AvgIpc) is 2.88. The van der Waals surface area contributed by atoms with Crippen molar-refractivity contribution in [1.82, 2.24) is 4.98 Å². The van der Waals surface area contributed by atoms with Gasteiger partial charge in [0.15, 0.2) is 0 Å². The fraction of sp³-hybridized carbons (Fsp3) is 0.471. The maximum Gasteiger partial charge on any atom is 0.112 e. The number of nitrogens with two attached hydrogens (primary N) is 1. The molecule has 1 aliphatic rings. The van der Waals surface area contributed by atoms with E-state index in [4.69, 9.17) is 10.7 Å². The molecule has 1 aliphatic heterocycles. The lowest BCUT2D eigenvalue weighted by Crippen LogP contribution is -2.29. The second-order valence-corrected chi connectivity index (χ2v) is 7.73. The molecule has 3 rings (SSSR count). The van der Waals surface area contributed by atoms with E-state index in [-0.39, 0.29) is 5.41 Å². The summed E-state index contributed by atoms with van der Waals surface area (Å²) in [5.41, 5.74) is 10.8. The molecule has 2 heterocycles. The number of nitrogen functional groups attached to an aromatic ring is 1. The second-order valence-electron chi connectivity index (χ2n) is 6.79. The standard InChI is InChI=1S/C17H23N3S/c1-17(2,3)15-11-21-16(19-15)10-20-8-4-5-12-6-7-13(18)9-14(12)20/h6-7,9,11H,4-5,8,10,18H2,1-3H3. The molecule has 0 amide bonds. The number of benzene rings is 1. The summed E-state index contributed by atoms with van der Waals surface area (Å²) in [6.07, 6.45) is 2.35. The zero-order valence-corrected chi connectivity index (χ0v) is 13.8. The average molecular weight is 301 g/mol. The van der Waals surface area contributed by atoms with E-state index in [2.05, 4.69) is 43.2 Å². The molecule has 4 heteroatoms. The van der Waals surface area contributed by atoms with E-state index in [0.29, 0.717) is 0 Å². The van der Waals surface area contributed by atoms with Crippen molar-refractivity contribution in [3.05, 3.63) is 39.8 Å². The van der Waals surface area contributed by atoms with Gasteiger partial charge in [0.25, 0.3) is 0 Å². The summed E-state index contributed by atoms with van der Waals surface area (Å²) in [6, 6.07) is 6.27. The van der Waals surface area contributed by atoms with Crippen LogP contribution in [0.5, 0.6) is 0 Å². The van der Waals surface area contributed by atoms with Gasteiger partial charge in [-0.25, -0.2) is 4.98 Å². The summed E-state index contributed by atoms with van der Waals surface area (Å²) >= 11 is 1.76. The zero-order chi connectivity index (χ0) is 15.0. The summed E-state index contributed by atoms with van der Waals surface area (Å²) in [5, 5.41) is 3.38. The maximum absolute atomic E-state index is 5.96. The van der Waals surface area contributed by atoms with Gasteiger partial charge in [0.1, 0.15) is 5.01 Å². The first-order valence-electron chi connectivity index (χ1n) is 7.52. The molecule has 2 aromatic rings. The number of nitrogens with zero attached hydrogens (tertiary/aromatic N) is 2. The van der Waals surface area contributed by atoms with Gasteiger partial charge in [-0.05, 0) is 30.5 Å². The number of thiazole rings is 1. The summed E-state index contributed by atoms with van der Waals surface area (Å²) in [4.78, 5) is 7.23. The Morgan fingerprint density at radius 2 is 2.14 bits per heavy atom. The molecule has 0 spiro atoms. The number of aryl methyl sites for hydroxylation is 1. The predicted molar refractivity (Wildman–Crippen MR) is 91.0 cm³/mol. The van der Waals surface area contributed by atoms with Crippen LogP contribution in [0.15, 0.2) is 23.6 Å². The molecular weight excluding hydrogens is 278 g/mol. The van der Waals surface area contributed by atoms with Crippen molar-refractivity contribution in [1.29, 1.82) is 0 Å². The molecule has 0 unspecified atom stereocenters. The highest BCUT2D eigenvalue weighted by molar-refractivity contribution is 7.09. The lowest BCUT2D eigenvalue weighted by atomic mass is 9.93. The van der Waals surface area contributed by atoms with Crippen molar-refractivity contribution in [3.8, 4) is 0 Å². The largest absolute Gasteiger partial charge is 0.399 e. The minimum absolute atomic E-state index is 0.124. The van der Waals surface area contributed by atoms with Crippen molar-refractivity contribution in [2.45, 2.75) is 45.6 Å². The van der Waals surface area contributed by atoms with Crippen LogP contribution in [0.1, 0.15) is 43.5 Å². The van der Waals surface area contributed by atoms with Gasteiger partial charge in [0.2, 0.25) is 0 Å². The molecule has 112 valence electrons. The van der Waals surface area contributed by atoms with Gasteiger partial charge >= 0.3 is 0 Å². The summed E-state index contributed by atoms with van der Waals surface area (Å²) in [5.74, 6) is 0. The van der Waals surface area contributed by atoms with Crippen LogP contribution < -0.4 is 10.6 Å². The first kappa shape index (κ1) is 14.4. The summed E-state index contributed by atoms with van der Waals surface area (Å²) in [6.45, 7) is 8.60. The Morgan fingerprint density at radius 3 is 2.86 bits per heavy atom. The van der Waals surface area contributed by atoms with E-state index in [1.807, 2.05) is 6.07 Å². The van der Waals surface area contributed by atoms with Crippen LogP contribution in [-0.4, -0.2) is 11.5 Å². The number of fused-ring (bicyclic) bond motifs is 1. The third-order valence-electron chi connectivity index (χ3n) is 3.97. The van der Waals surface area contributed by atoms with Crippen LogP contribution in [0.25, 0.3) is 0 Å². The Bertz CT molecular complexity index is 640. The van der Waals surface area contributed by atoms with Gasteiger partial charge in [-0.15, -0.1) is 11.3 Å². The lowest BCUT2D eigenvalue weighted by Gasteiger charge is -2.31. The van der Waals surface area contributed by atoms with Gasteiger partial charge in [0.05, 0.1) is 12.2 Å². The number of hydrogen-bond acceptors (Lipinski definition) is 4. The maximum atomic E-state index is 5.96. The molecule has 0 saturated carbocycles. The Kier molecular flexibility index (Phi) is 3.66. The van der Waals surface area contributed by atoms with Crippen molar-refractivity contribution in [3.63, 3.8) is 0 Å². The fourth-order valence-electron chi connectivity index (χ4n) is 2.72. The number of anilines is 2. The topological polar surface area (TPSA) is 42.1 Å². The van der Waals surface area contributed by atoms with Crippen molar-refractivity contribution >= 4 is 22.7 Å². The Labute approximate surface area is 130 Å². The minimum Gasteiger partial charge on any atom is -0.399 e. The van der Waals surface area contributed by atoms with E-state index in [9.17, 15) is 0 Å². The van der Waals surface area contributed by atoms with Crippen molar-refractivity contribution in [2.75, 3.05) is 17.2 Å². The van der Waals surface area contributed by atoms with Crippen molar-refractivity contribution in [2.24, 2.45) is 0 Å². The molecule has 3 nitrogen and oxygen atoms in total. The molecule has 0 bridgehead atoms. The highest BCUT2D eigenvalue weighted by Gasteiger charge is 2.21. The van der Waals surface area contributed by atoms with E-state index in [1.165, 1.54) is 28.4 Å². The summed E-state index contributed by atoms with van der Waals surface area (Å²) in [7, 11) is 0. The Hall–Kier alpha value is -1.55. The van der Waals surface area contributed by atoms with E-state index in [0.717, 1.165) is 25.2 Å². The first-order chi connectivity index (χ1) is 9.93. The molecule has 0 saturated heterocycles. The van der Waals surface area contributed by atoms with Crippen LogP contribution in [0.2, 0.25) is 0 Å². The van der Waals surface area contributed by atoms with Gasteiger partial charge in [0, 0.05) is 28.7 Å². The SMILES string of the molecule is CC(C)(C)c1csc(CN2CCCc3ccc(N)cc32)n1. The van der Waals surface area contributed by atoms with Crippen LogP contribution in [0.3, 0.4) is 0 Å². The minimum atomic E-state index is 0.124. The van der Waals surface area contributed by atoms with Crippen LogP contribution in [0.4, 0.5) is 11.4 Å². The molecule has 2 N–H and O–H groups in total. The van der Waals surface area contributed by atoms with Crippen LogP contribution in [0, 0.1) is 0 Å². The molecule has 21 heavy (non-hydrogen) atoms. The van der Waals surface area contributed by atoms with Crippen molar-refractivity contribution < 1.29 is 0 Å². The molecule has 0 atom stereocenters. The number of aromatic nitrogens is 1. The molecule has 0 fully saturated rings. The van der Waals surface area contributed by atoms with Gasteiger partial charge in [-0.3, -0.25) is 0 Å². The second kappa shape index (κ2) is 5.34. The predicted octanol–water partition coefficient (Wildman–Crippen LogP) is 3.98. The lowest BCUT2D eigenvalue weighted by molar-refractivity contribution is 0.569. The quantitative estimate of drug-likeness (QED) is 0.853. The van der Waals surface area contributed by atoms with E-state index < -0.39 is 0 Å². The van der Waals surface area contributed by atoms with Crippen LogP contribution >= 0.6 is 11.3 Å². The highest BCUT2D eigenvalue weighted by Crippen LogP contribution is 2.31. The molecular formula is C17H23N3S. The normalized spacial score (nSPS) is 15.1. The molecule has 0 aliphatic carbocycles. The smallest absolute Gasteiger partial charge is 0.112 e. The molecule has 1 aromatic heterocycles. The Morgan fingerprint density at radius 1 is 1.33 bits per heavy atom. The van der Waals surface area contributed by atoms with E-state index >= 15 is 0 Å². The third-order valence-corrected chi connectivity index (χ3v) is 4.80. The number of rotatable bonds is 2. The van der Waals surface area contributed by atoms with Crippen LogP contribution in [-0.2, 0) is 18.4 Å². The monoisotopic (exact) mass is 301 g/mol. The number of hydrogen-bond donors (Lipinski definition) is 1. The van der Waals surface area contributed by atoms with Gasteiger partial charge in [-0.2, -0.15) is 0 Å². The van der Waals surface area contributed by atoms with Gasteiger partial charge in [-0.1, -0.05) is 26.8 Å². The Balaban J connectivity index is 1.83. The first-order valence-corrected chi connectivity index (χ1v) is 8.40. The zero-order valence-electron chi connectivity index (χ0n) is 13.0. The molecule has 0 radical (unpaired) electrons. The fourth-order valence-corrected chi connectivity index (χ4v) is 3.76.